The highest BCUT2D eigenvalue weighted by atomic mass is 32.2. The molecule has 180 valence electrons. The van der Waals surface area contributed by atoms with E-state index in [-0.39, 0.29) is 29.2 Å². The maximum absolute atomic E-state index is 12.5. The number of rotatable bonds is 10. The molecule has 2 aromatic carbocycles. The Morgan fingerprint density at radius 1 is 1.03 bits per heavy atom. The van der Waals surface area contributed by atoms with E-state index in [0.717, 1.165) is 0 Å². The highest BCUT2D eigenvalue weighted by Gasteiger charge is 2.23. The van der Waals surface area contributed by atoms with Crippen LogP contribution in [0.25, 0.3) is 0 Å². The van der Waals surface area contributed by atoms with Crippen molar-refractivity contribution in [3.05, 3.63) is 54.4 Å². The van der Waals surface area contributed by atoms with Gasteiger partial charge in [-0.15, -0.1) is 0 Å². The molecule has 0 saturated carbocycles. The van der Waals surface area contributed by atoms with Crippen molar-refractivity contribution in [3.8, 4) is 11.5 Å². The first-order chi connectivity index (χ1) is 16.2. The summed E-state index contributed by atoms with van der Waals surface area (Å²) in [5.41, 5.74) is 6.34. The van der Waals surface area contributed by atoms with Crippen LogP contribution in [-0.2, 0) is 26.2 Å². The minimum Gasteiger partial charge on any atom is -0.497 e. The second kappa shape index (κ2) is 10.8. The van der Waals surface area contributed by atoms with Gasteiger partial charge >= 0.3 is 5.97 Å². The first-order valence-electron chi connectivity index (χ1n) is 9.95. The zero-order chi connectivity index (χ0) is 24.7. The Morgan fingerprint density at radius 3 is 2.41 bits per heavy atom. The Balaban J connectivity index is 1.63. The van der Waals surface area contributed by atoms with E-state index in [0.29, 0.717) is 17.2 Å². The van der Waals surface area contributed by atoms with E-state index in [9.17, 15) is 13.2 Å². The molecular weight excluding hydrogens is 464 g/mol. The lowest BCUT2D eigenvalue weighted by molar-refractivity contribution is -0.146. The summed E-state index contributed by atoms with van der Waals surface area (Å²) >= 11 is 0. The van der Waals surface area contributed by atoms with E-state index < -0.39 is 22.0 Å². The molecule has 0 amide bonds. The number of carbonyl (C=O) groups excluding carboxylic acids is 1. The molecule has 0 aliphatic rings. The van der Waals surface area contributed by atoms with E-state index in [2.05, 4.69) is 25.0 Å². The summed E-state index contributed by atoms with van der Waals surface area (Å²) in [4.78, 5) is 24.5. The Kier molecular flexibility index (Phi) is 7.81. The van der Waals surface area contributed by atoms with Gasteiger partial charge in [0.05, 0.1) is 24.8 Å². The summed E-state index contributed by atoms with van der Waals surface area (Å²) in [7, 11) is -0.962. The van der Waals surface area contributed by atoms with Crippen LogP contribution in [0.3, 0.4) is 0 Å². The first kappa shape index (κ1) is 24.7. The van der Waals surface area contributed by atoms with Gasteiger partial charge < -0.3 is 25.3 Å². The number of nitrogens with two attached hydrogens (primary N) is 1. The number of hydrogen-bond acceptors (Lipinski definition) is 11. The molecular formula is C21H24N6O6S. The van der Waals surface area contributed by atoms with Crippen molar-refractivity contribution in [1.29, 1.82) is 0 Å². The van der Waals surface area contributed by atoms with Crippen LogP contribution in [0.5, 0.6) is 11.5 Å². The fourth-order valence-corrected chi connectivity index (χ4v) is 3.98. The van der Waals surface area contributed by atoms with Gasteiger partial charge in [0.1, 0.15) is 17.5 Å². The number of methoxy groups -OCH3 is 2. The molecule has 0 bridgehead atoms. The highest BCUT2D eigenvalue weighted by molar-refractivity contribution is 7.89. The molecule has 0 radical (unpaired) electrons. The van der Waals surface area contributed by atoms with Crippen molar-refractivity contribution in [2.45, 2.75) is 24.5 Å². The number of nitrogens with zero attached hydrogens (tertiary/aromatic N) is 3. The van der Waals surface area contributed by atoms with Crippen LogP contribution >= 0.6 is 0 Å². The van der Waals surface area contributed by atoms with Gasteiger partial charge in [-0.25, -0.2) is 8.42 Å². The van der Waals surface area contributed by atoms with Gasteiger partial charge in [0.2, 0.25) is 21.9 Å². The smallest absolute Gasteiger partial charge is 0.324 e. The van der Waals surface area contributed by atoms with Gasteiger partial charge in [-0.2, -0.15) is 19.7 Å². The van der Waals surface area contributed by atoms with Crippen molar-refractivity contribution < 1.29 is 27.4 Å². The monoisotopic (exact) mass is 488 g/mol. The second-order valence-corrected chi connectivity index (χ2v) is 8.60. The van der Waals surface area contributed by atoms with E-state index in [1.165, 1.54) is 45.4 Å². The zero-order valence-electron chi connectivity index (χ0n) is 18.7. The number of anilines is 3. The van der Waals surface area contributed by atoms with Crippen LogP contribution in [0.4, 0.5) is 17.6 Å². The molecule has 4 N–H and O–H groups in total. The van der Waals surface area contributed by atoms with Gasteiger partial charge in [-0.05, 0) is 43.3 Å². The lowest BCUT2D eigenvalue weighted by Gasteiger charge is -2.14. The highest BCUT2D eigenvalue weighted by Crippen LogP contribution is 2.25. The van der Waals surface area contributed by atoms with Gasteiger partial charge in [-0.3, -0.25) is 4.79 Å². The number of carbonyl (C=O) groups is 1. The molecule has 3 aromatic rings. The normalized spacial score (nSPS) is 12.0. The molecule has 0 aliphatic carbocycles. The third kappa shape index (κ3) is 6.30. The number of nitrogen functional groups attached to an aromatic ring is 1. The average molecular weight is 489 g/mol. The van der Waals surface area contributed by atoms with E-state index in [4.69, 9.17) is 19.9 Å². The molecule has 3 rings (SSSR count). The third-order valence-corrected chi connectivity index (χ3v) is 6.01. The van der Waals surface area contributed by atoms with E-state index in [1.54, 1.807) is 24.3 Å². The fraction of sp³-hybridized carbons (Fsp3) is 0.238. The molecule has 0 aliphatic heterocycles. The third-order valence-electron chi connectivity index (χ3n) is 4.45. The molecule has 13 heteroatoms. The first-order valence-corrected chi connectivity index (χ1v) is 11.4. The Labute approximate surface area is 196 Å². The number of ether oxygens (including phenoxy) is 3. The molecule has 0 spiro atoms. The minimum absolute atomic E-state index is 0.0229. The topological polar surface area (TPSA) is 168 Å². The molecule has 0 fully saturated rings. The standard InChI is InChI=1S/C21H24N6O6S/c1-13(27-34(29,30)15-10-8-14(31-2)9-11-15)19(28)33-12-18-24-20(22)26-21(25-18)23-16-6-4-5-7-17(16)32-3/h4-11,13,27H,12H2,1-3H3,(H3,22,23,24,25,26)/t13-/m0/s1. The summed E-state index contributed by atoms with van der Waals surface area (Å²) in [5.74, 6) is 0.344. The largest absolute Gasteiger partial charge is 0.497 e. The quantitative estimate of drug-likeness (QED) is 0.355. The maximum Gasteiger partial charge on any atom is 0.324 e. The van der Waals surface area contributed by atoms with Crippen molar-refractivity contribution in [2.24, 2.45) is 0 Å². The SMILES string of the molecule is COc1ccc(S(=O)(=O)N[C@@H](C)C(=O)OCc2nc(N)nc(Nc3ccccc3OC)n2)cc1. The summed E-state index contributed by atoms with van der Waals surface area (Å²) < 4.78 is 42.7. The van der Waals surface area contributed by atoms with Gasteiger partial charge in [0.15, 0.2) is 12.4 Å². The second-order valence-electron chi connectivity index (χ2n) is 6.88. The van der Waals surface area contributed by atoms with E-state index >= 15 is 0 Å². The van der Waals surface area contributed by atoms with E-state index in [1.807, 2.05) is 0 Å². The predicted molar refractivity (Wildman–Crippen MR) is 123 cm³/mol. The molecule has 34 heavy (non-hydrogen) atoms. The number of para-hydroxylation sites is 2. The summed E-state index contributed by atoms with van der Waals surface area (Å²) in [6.45, 7) is 1.01. The summed E-state index contributed by atoms with van der Waals surface area (Å²) in [6, 6.07) is 11.7. The lowest BCUT2D eigenvalue weighted by Crippen LogP contribution is -2.39. The van der Waals surface area contributed by atoms with Crippen LogP contribution in [0.2, 0.25) is 0 Å². The molecule has 0 saturated heterocycles. The number of aromatic nitrogens is 3. The Morgan fingerprint density at radius 2 is 1.74 bits per heavy atom. The van der Waals surface area contributed by atoms with Crippen LogP contribution in [-0.4, -0.2) is 49.6 Å². The summed E-state index contributed by atoms with van der Waals surface area (Å²) in [5, 5.41) is 2.96. The molecule has 1 aromatic heterocycles. The van der Waals surface area contributed by atoms with Crippen molar-refractivity contribution in [1.82, 2.24) is 19.7 Å². The maximum atomic E-state index is 12.5. The van der Waals surface area contributed by atoms with Crippen LogP contribution in [0.15, 0.2) is 53.4 Å². The number of esters is 1. The van der Waals surface area contributed by atoms with Crippen LogP contribution in [0.1, 0.15) is 12.7 Å². The van der Waals surface area contributed by atoms with Crippen LogP contribution in [0, 0.1) is 0 Å². The van der Waals surface area contributed by atoms with Gasteiger partial charge in [-0.1, -0.05) is 12.1 Å². The molecule has 1 heterocycles. The van der Waals surface area contributed by atoms with Crippen molar-refractivity contribution in [2.75, 3.05) is 25.3 Å². The number of sulfonamides is 1. The lowest BCUT2D eigenvalue weighted by atomic mass is 10.3. The van der Waals surface area contributed by atoms with Crippen LogP contribution < -0.4 is 25.2 Å². The van der Waals surface area contributed by atoms with Crippen molar-refractivity contribution in [3.63, 3.8) is 0 Å². The Bertz CT molecular complexity index is 1250. The summed E-state index contributed by atoms with van der Waals surface area (Å²) in [6.07, 6.45) is 0. The van der Waals surface area contributed by atoms with Gasteiger partial charge in [0, 0.05) is 0 Å². The van der Waals surface area contributed by atoms with Gasteiger partial charge in [0.25, 0.3) is 0 Å². The molecule has 1 atom stereocenters. The fourth-order valence-electron chi connectivity index (χ4n) is 2.79. The average Bonchev–Trinajstić information content (AvgIpc) is 2.82. The number of nitrogens with one attached hydrogen (secondary N) is 2. The minimum atomic E-state index is -3.96. The number of hydrogen-bond donors (Lipinski definition) is 3. The zero-order valence-corrected chi connectivity index (χ0v) is 19.5. The Hall–Kier alpha value is -3.97. The molecule has 12 nitrogen and oxygen atoms in total. The number of benzene rings is 2. The molecule has 0 unspecified atom stereocenters. The predicted octanol–water partition coefficient (Wildman–Crippen LogP) is 1.62. The van der Waals surface area contributed by atoms with Crippen molar-refractivity contribution >= 4 is 33.6 Å².